The van der Waals surface area contributed by atoms with Crippen molar-refractivity contribution in [2.45, 2.75) is 19.9 Å². The number of carboxylic acids is 1. The van der Waals surface area contributed by atoms with Gasteiger partial charge >= 0.3 is 12.0 Å². The molecule has 0 aromatic heterocycles. The fourth-order valence-electron chi connectivity index (χ4n) is 1.46. The van der Waals surface area contributed by atoms with Gasteiger partial charge in [0, 0.05) is 17.5 Å². The lowest BCUT2D eigenvalue weighted by molar-refractivity contribution is 0.0697. The van der Waals surface area contributed by atoms with Crippen molar-refractivity contribution in [2.75, 3.05) is 16.8 Å². The van der Waals surface area contributed by atoms with Crippen molar-refractivity contribution < 1.29 is 14.7 Å². The van der Waals surface area contributed by atoms with Crippen LogP contribution in [0.3, 0.4) is 0 Å². The van der Waals surface area contributed by atoms with Crippen LogP contribution in [0.25, 0.3) is 0 Å². The maximum atomic E-state index is 11.7. The van der Waals surface area contributed by atoms with Crippen LogP contribution in [-0.4, -0.2) is 34.7 Å². The van der Waals surface area contributed by atoms with Gasteiger partial charge in [-0.15, -0.1) is 0 Å². The average Bonchev–Trinajstić information content (AvgIpc) is 2.36. The molecule has 0 spiro atoms. The number of anilines is 1. The topological polar surface area (TPSA) is 78.4 Å². The van der Waals surface area contributed by atoms with Crippen LogP contribution in [-0.2, 0) is 0 Å². The van der Waals surface area contributed by atoms with Crippen LogP contribution >= 0.6 is 11.8 Å². The minimum absolute atomic E-state index is 0.0626. The largest absolute Gasteiger partial charge is 0.478 e. The second-order valence-corrected chi connectivity index (χ2v) is 5.36. The van der Waals surface area contributed by atoms with Gasteiger partial charge in [-0.25, -0.2) is 9.59 Å². The van der Waals surface area contributed by atoms with Crippen molar-refractivity contribution in [2.24, 2.45) is 0 Å². The average molecular weight is 282 g/mol. The number of aromatic carboxylic acids is 1. The highest BCUT2D eigenvalue weighted by atomic mass is 32.2. The molecule has 1 unspecified atom stereocenters. The third kappa shape index (κ3) is 5.65. The minimum Gasteiger partial charge on any atom is -0.478 e. The molecule has 0 fully saturated rings. The van der Waals surface area contributed by atoms with Crippen LogP contribution < -0.4 is 10.6 Å². The van der Waals surface area contributed by atoms with Crippen LogP contribution in [0.1, 0.15) is 24.2 Å². The first-order valence-corrected chi connectivity index (χ1v) is 7.17. The molecular formula is C13H18N2O3S. The summed E-state index contributed by atoms with van der Waals surface area (Å²) in [5.41, 5.74) is 0.611. The smallest absolute Gasteiger partial charge is 0.335 e. The highest BCUT2D eigenvalue weighted by Gasteiger charge is 2.08. The zero-order chi connectivity index (χ0) is 14.3. The molecule has 2 amide bonds. The van der Waals surface area contributed by atoms with Gasteiger partial charge in [-0.2, -0.15) is 11.8 Å². The first kappa shape index (κ1) is 15.4. The van der Waals surface area contributed by atoms with E-state index < -0.39 is 5.97 Å². The SMILES string of the molecule is CCSCC(C)NC(=O)Nc1cccc(C(=O)O)c1. The van der Waals surface area contributed by atoms with Gasteiger partial charge in [0.25, 0.3) is 0 Å². The molecule has 0 aliphatic carbocycles. The third-order valence-electron chi connectivity index (χ3n) is 2.32. The Morgan fingerprint density at radius 1 is 1.42 bits per heavy atom. The number of nitrogens with one attached hydrogen (secondary N) is 2. The van der Waals surface area contributed by atoms with E-state index in [1.54, 1.807) is 23.9 Å². The molecule has 0 bridgehead atoms. The summed E-state index contributed by atoms with van der Waals surface area (Å²) in [6.07, 6.45) is 0. The Labute approximate surface area is 116 Å². The summed E-state index contributed by atoms with van der Waals surface area (Å²) >= 11 is 1.75. The lowest BCUT2D eigenvalue weighted by Crippen LogP contribution is -2.37. The number of rotatable bonds is 6. The molecule has 0 aliphatic heterocycles. The zero-order valence-electron chi connectivity index (χ0n) is 11.0. The highest BCUT2D eigenvalue weighted by molar-refractivity contribution is 7.99. The number of carbonyl (C=O) groups is 2. The summed E-state index contributed by atoms with van der Waals surface area (Å²) in [6, 6.07) is 5.88. The lowest BCUT2D eigenvalue weighted by Gasteiger charge is -2.14. The maximum Gasteiger partial charge on any atom is 0.335 e. The van der Waals surface area contributed by atoms with Crippen molar-refractivity contribution in [3.63, 3.8) is 0 Å². The van der Waals surface area contributed by atoms with Crippen LogP contribution in [0.15, 0.2) is 24.3 Å². The van der Waals surface area contributed by atoms with Gasteiger partial charge in [0.15, 0.2) is 0 Å². The Bertz CT molecular complexity index is 451. The number of hydrogen-bond acceptors (Lipinski definition) is 3. The van der Waals surface area contributed by atoms with Gasteiger partial charge in [-0.3, -0.25) is 0 Å². The second kappa shape index (κ2) is 7.68. The molecule has 3 N–H and O–H groups in total. The lowest BCUT2D eigenvalue weighted by atomic mass is 10.2. The third-order valence-corrected chi connectivity index (χ3v) is 3.46. The molecule has 1 aromatic carbocycles. The van der Waals surface area contributed by atoms with Gasteiger partial charge in [-0.05, 0) is 30.9 Å². The Hall–Kier alpha value is -1.69. The molecule has 0 saturated carbocycles. The number of carbonyl (C=O) groups excluding carboxylic acids is 1. The van der Waals surface area contributed by atoms with Gasteiger partial charge in [-0.1, -0.05) is 13.0 Å². The summed E-state index contributed by atoms with van der Waals surface area (Å²) < 4.78 is 0. The number of thioether (sulfide) groups is 1. The summed E-state index contributed by atoms with van der Waals surface area (Å²) in [6.45, 7) is 3.99. The number of hydrogen-bond donors (Lipinski definition) is 3. The molecule has 0 saturated heterocycles. The molecule has 0 heterocycles. The quantitative estimate of drug-likeness (QED) is 0.749. The first-order chi connectivity index (χ1) is 9.02. The van der Waals surface area contributed by atoms with Crippen molar-refractivity contribution in [3.8, 4) is 0 Å². The van der Waals surface area contributed by atoms with E-state index in [1.165, 1.54) is 12.1 Å². The molecule has 0 aliphatic rings. The second-order valence-electron chi connectivity index (χ2n) is 4.04. The molecular weight excluding hydrogens is 264 g/mol. The maximum absolute atomic E-state index is 11.7. The Morgan fingerprint density at radius 3 is 2.79 bits per heavy atom. The molecule has 1 rings (SSSR count). The molecule has 19 heavy (non-hydrogen) atoms. The van der Waals surface area contributed by atoms with Gasteiger partial charge < -0.3 is 15.7 Å². The van der Waals surface area contributed by atoms with Gasteiger partial charge in [0.1, 0.15) is 0 Å². The number of carboxylic acid groups (broad SMARTS) is 1. The molecule has 5 nitrogen and oxygen atoms in total. The monoisotopic (exact) mass is 282 g/mol. The van der Waals surface area contributed by atoms with Crippen LogP contribution in [0.2, 0.25) is 0 Å². The number of amides is 2. The van der Waals surface area contributed by atoms with E-state index in [-0.39, 0.29) is 17.6 Å². The van der Waals surface area contributed by atoms with Crippen molar-refractivity contribution in [1.29, 1.82) is 0 Å². The minimum atomic E-state index is -1.02. The normalized spacial score (nSPS) is 11.7. The van der Waals surface area contributed by atoms with E-state index in [0.717, 1.165) is 11.5 Å². The van der Waals surface area contributed by atoms with Gasteiger partial charge in [0.05, 0.1) is 5.56 Å². The van der Waals surface area contributed by atoms with E-state index in [1.807, 2.05) is 6.92 Å². The standard InChI is InChI=1S/C13H18N2O3S/c1-3-19-8-9(2)14-13(18)15-11-6-4-5-10(7-11)12(16)17/h4-7,9H,3,8H2,1-2H3,(H,16,17)(H2,14,15,18). The Balaban J connectivity index is 2.52. The van der Waals surface area contributed by atoms with E-state index >= 15 is 0 Å². The zero-order valence-corrected chi connectivity index (χ0v) is 11.8. The first-order valence-electron chi connectivity index (χ1n) is 6.01. The van der Waals surface area contributed by atoms with Crippen molar-refractivity contribution in [3.05, 3.63) is 29.8 Å². The van der Waals surface area contributed by atoms with Crippen LogP contribution in [0.4, 0.5) is 10.5 Å². The van der Waals surface area contributed by atoms with Crippen LogP contribution in [0.5, 0.6) is 0 Å². The summed E-state index contributed by atoms with van der Waals surface area (Å²) in [5.74, 6) is 0.838. The van der Waals surface area contributed by atoms with Crippen molar-refractivity contribution >= 4 is 29.4 Å². The Morgan fingerprint density at radius 2 is 2.16 bits per heavy atom. The number of urea groups is 1. The predicted octanol–water partition coefficient (Wildman–Crippen LogP) is 2.65. The molecule has 6 heteroatoms. The summed E-state index contributed by atoms with van der Waals surface area (Å²) in [7, 11) is 0. The van der Waals surface area contributed by atoms with Gasteiger partial charge in [0.2, 0.25) is 0 Å². The predicted molar refractivity (Wildman–Crippen MR) is 78.0 cm³/mol. The molecule has 104 valence electrons. The summed E-state index contributed by atoms with van der Waals surface area (Å²) in [4.78, 5) is 22.5. The highest BCUT2D eigenvalue weighted by Crippen LogP contribution is 2.10. The van der Waals surface area contributed by atoms with E-state index in [4.69, 9.17) is 5.11 Å². The molecule has 0 radical (unpaired) electrons. The summed E-state index contributed by atoms with van der Waals surface area (Å²) in [5, 5.41) is 14.3. The van der Waals surface area contributed by atoms with E-state index in [0.29, 0.717) is 5.69 Å². The molecule has 1 aromatic rings. The van der Waals surface area contributed by atoms with Crippen molar-refractivity contribution in [1.82, 2.24) is 5.32 Å². The number of benzene rings is 1. The van der Waals surface area contributed by atoms with Crippen LogP contribution in [0, 0.1) is 0 Å². The molecule has 1 atom stereocenters. The van der Waals surface area contributed by atoms with E-state index in [9.17, 15) is 9.59 Å². The van der Waals surface area contributed by atoms with E-state index in [2.05, 4.69) is 17.6 Å². The Kier molecular flexibility index (Phi) is 6.21. The fourth-order valence-corrected chi connectivity index (χ4v) is 2.13. The fraction of sp³-hybridized carbons (Fsp3) is 0.385.